The molecule has 13 heavy (non-hydrogen) atoms. The predicted octanol–water partition coefficient (Wildman–Crippen LogP) is 1.82. The standard InChI is InChI=1S/C7H8BrF2N3/c8-3-2-13-4(1-11)5(6(3)12)7(9)10/h2,7H,1,11H2,(H2,12,13). The molecule has 1 aromatic rings. The van der Waals surface area contributed by atoms with Crippen LogP contribution in [0.2, 0.25) is 0 Å². The Balaban J connectivity index is 3.32. The fourth-order valence-corrected chi connectivity index (χ4v) is 1.28. The van der Waals surface area contributed by atoms with Gasteiger partial charge in [-0.1, -0.05) is 0 Å². The minimum atomic E-state index is -2.65. The van der Waals surface area contributed by atoms with Crippen molar-refractivity contribution in [1.29, 1.82) is 0 Å². The van der Waals surface area contributed by atoms with Crippen LogP contribution in [0.25, 0.3) is 0 Å². The Morgan fingerprint density at radius 1 is 1.54 bits per heavy atom. The average Bonchev–Trinajstić information content (AvgIpc) is 2.08. The third kappa shape index (κ3) is 1.94. The van der Waals surface area contributed by atoms with Crippen molar-refractivity contribution in [3.63, 3.8) is 0 Å². The molecule has 0 amide bonds. The Bertz CT molecular complexity index is 317. The quantitative estimate of drug-likeness (QED) is 0.843. The second-order valence-corrected chi connectivity index (χ2v) is 3.24. The van der Waals surface area contributed by atoms with Crippen LogP contribution in [0, 0.1) is 0 Å². The molecule has 0 saturated carbocycles. The van der Waals surface area contributed by atoms with E-state index in [0.29, 0.717) is 4.47 Å². The second kappa shape index (κ2) is 3.97. The summed E-state index contributed by atoms with van der Waals surface area (Å²) in [7, 11) is 0. The van der Waals surface area contributed by atoms with Crippen LogP contribution < -0.4 is 11.5 Å². The number of alkyl halides is 2. The Labute approximate surface area is 82.3 Å². The van der Waals surface area contributed by atoms with Gasteiger partial charge < -0.3 is 11.5 Å². The van der Waals surface area contributed by atoms with Crippen LogP contribution in [-0.2, 0) is 6.54 Å². The summed E-state index contributed by atoms with van der Waals surface area (Å²) in [5.41, 5.74) is 10.5. The fraction of sp³-hybridized carbons (Fsp3) is 0.286. The maximum atomic E-state index is 12.5. The Morgan fingerprint density at radius 2 is 2.15 bits per heavy atom. The Hall–Kier alpha value is -0.750. The third-order valence-electron chi connectivity index (χ3n) is 1.60. The van der Waals surface area contributed by atoms with Crippen LogP contribution in [-0.4, -0.2) is 4.98 Å². The molecule has 0 fully saturated rings. The van der Waals surface area contributed by atoms with Gasteiger partial charge in [-0.15, -0.1) is 0 Å². The number of halogens is 3. The first kappa shape index (κ1) is 10.3. The van der Waals surface area contributed by atoms with E-state index in [9.17, 15) is 8.78 Å². The lowest BCUT2D eigenvalue weighted by Crippen LogP contribution is -2.08. The van der Waals surface area contributed by atoms with Crippen molar-refractivity contribution in [2.75, 3.05) is 5.73 Å². The molecule has 0 atom stereocenters. The third-order valence-corrected chi connectivity index (χ3v) is 2.24. The number of hydrogen-bond acceptors (Lipinski definition) is 3. The maximum Gasteiger partial charge on any atom is 0.267 e. The maximum absolute atomic E-state index is 12.5. The molecular formula is C7H8BrF2N3. The number of nitrogens with zero attached hydrogens (tertiary/aromatic N) is 1. The smallest absolute Gasteiger partial charge is 0.267 e. The highest BCUT2D eigenvalue weighted by molar-refractivity contribution is 9.10. The summed E-state index contributed by atoms with van der Waals surface area (Å²) in [6, 6.07) is 0. The van der Waals surface area contributed by atoms with E-state index in [1.54, 1.807) is 0 Å². The van der Waals surface area contributed by atoms with Crippen molar-refractivity contribution in [2.24, 2.45) is 5.73 Å². The minimum Gasteiger partial charge on any atom is -0.397 e. The highest BCUT2D eigenvalue weighted by atomic mass is 79.9. The Kier molecular flexibility index (Phi) is 3.16. The molecule has 1 aromatic heterocycles. The molecule has 3 nitrogen and oxygen atoms in total. The molecule has 72 valence electrons. The lowest BCUT2D eigenvalue weighted by molar-refractivity contribution is 0.150. The van der Waals surface area contributed by atoms with Crippen LogP contribution in [0.5, 0.6) is 0 Å². The highest BCUT2D eigenvalue weighted by Crippen LogP contribution is 2.32. The average molecular weight is 252 g/mol. The van der Waals surface area contributed by atoms with Crippen LogP contribution in [0.15, 0.2) is 10.7 Å². The zero-order chi connectivity index (χ0) is 10.0. The van der Waals surface area contributed by atoms with Crippen LogP contribution in [0.1, 0.15) is 17.7 Å². The van der Waals surface area contributed by atoms with E-state index in [2.05, 4.69) is 20.9 Å². The van der Waals surface area contributed by atoms with Gasteiger partial charge in [0.25, 0.3) is 6.43 Å². The molecule has 0 aromatic carbocycles. The molecule has 0 aliphatic rings. The molecule has 0 aliphatic carbocycles. The monoisotopic (exact) mass is 251 g/mol. The van der Waals surface area contributed by atoms with E-state index < -0.39 is 6.43 Å². The molecule has 0 unspecified atom stereocenters. The first-order valence-corrected chi connectivity index (χ1v) is 4.28. The summed E-state index contributed by atoms with van der Waals surface area (Å²) >= 11 is 3.02. The van der Waals surface area contributed by atoms with E-state index >= 15 is 0 Å². The molecule has 4 N–H and O–H groups in total. The number of anilines is 1. The van der Waals surface area contributed by atoms with E-state index in [1.807, 2.05) is 0 Å². The fourth-order valence-electron chi connectivity index (χ4n) is 0.964. The van der Waals surface area contributed by atoms with Crippen molar-refractivity contribution < 1.29 is 8.78 Å². The topological polar surface area (TPSA) is 64.9 Å². The zero-order valence-corrected chi connectivity index (χ0v) is 8.18. The van der Waals surface area contributed by atoms with Gasteiger partial charge >= 0.3 is 0 Å². The summed E-state index contributed by atoms with van der Waals surface area (Å²) in [5.74, 6) is 0. The molecule has 0 saturated heterocycles. The molecular weight excluding hydrogens is 244 g/mol. The second-order valence-electron chi connectivity index (χ2n) is 2.39. The van der Waals surface area contributed by atoms with Crippen LogP contribution >= 0.6 is 15.9 Å². The van der Waals surface area contributed by atoms with Gasteiger partial charge in [-0.25, -0.2) is 8.78 Å². The molecule has 0 spiro atoms. The number of rotatable bonds is 2. The van der Waals surface area contributed by atoms with Gasteiger partial charge in [0.15, 0.2) is 0 Å². The van der Waals surface area contributed by atoms with Gasteiger partial charge in [0.2, 0.25) is 0 Å². The summed E-state index contributed by atoms with van der Waals surface area (Å²) < 4.78 is 25.3. The van der Waals surface area contributed by atoms with Crippen molar-refractivity contribution in [3.05, 3.63) is 21.9 Å². The summed E-state index contributed by atoms with van der Waals surface area (Å²) in [5, 5.41) is 0. The van der Waals surface area contributed by atoms with E-state index in [4.69, 9.17) is 11.5 Å². The predicted molar refractivity (Wildman–Crippen MR) is 49.2 cm³/mol. The summed E-state index contributed by atoms with van der Waals surface area (Å²) in [6.45, 7) is -0.0445. The van der Waals surface area contributed by atoms with Gasteiger partial charge in [0, 0.05) is 12.7 Å². The number of hydrogen-bond donors (Lipinski definition) is 2. The van der Waals surface area contributed by atoms with Crippen molar-refractivity contribution >= 4 is 21.6 Å². The van der Waals surface area contributed by atoms with E-state index in [0.717, 1.165) is 0 Å². The lowest BCUT2D eigenvalue weighted by Gasteiger charge is -2.10. The van der Waals surface area contributed by atoms with E-state index in [1.165, 1.54) is 6.20 Å². The summed E-state index contributed by atoms with van der Waals surface area (Å²) in [4.78, 5) is 3.75. The number of aromatic nitrogens is 1. The van der Waals surface area contributed by atoms with Crippen molar-refractivity contribution in [1.82, 2.24) is 4.98 Å². The van der Waals surface area contributed by atoms with Crippen molar-refractivity contribution in [3.8, 4) is 0 Å². The molecule has 1 heterocycles. The largest absolute Gasteiger partial charge is 0.397 e. The number of nitrogens with two attached hydrogens (primary N) is 2. The van der Waals surface area contributed by atoms with Gasteiger partial charge in [0.1, 0.15) is 0 Å². The minimum absolute atomic E-state index is 0.00505. The molecule has 0 bridgehead atoms. The number of pyridine rings is 1. The molecule has 0 aliphatic heterocycles. The van der Waals surface area contributed by atoms with Gasteiger partial charge in [-0.2, -0.15) is 0 Å². The molecule has 0 radical (unpaired) electrons. The van der Waals surface area contributed by atoms with Crippen LogP contribution in [0.4, 0.5) is 14.5 Å². The van der Waals surface area contributed by atoms with Gasteiger partial charge in [-0.3, -0.25) is 4.98 Å². The van der Waals surface area contributed by atoms with Gasteiger partial charge in [0.05, 0.1) is 21.4 Å². The van der Waals surface area contributed by atoms with Crippen molar-refractivity contribution in [2.45, 2.75) is 13.0 Å². The lowest BCUT2D eigenvalue weighted by atomic mass is 10.1. The molecule has 6 heteroatoms. The number of nitrogen functional groups attached to an aromatic ring is 1. The summed E-state index contributed by atoms with van der Waals surface area (Å²) in [6.07, 6.45) is -1.29. The van der Waals surface area contributed by atoms with E-state index in [-0.39, 0.29) is 23.5 Å². The van der Waals surface area contributed by atoms with Gasteiger partial charge in [-0.05, 0) is 15.9 Å². The Morgan fingerprint density at radius 3 is 2.62 bits per heavy atom. The normalized spacial score (nSPS) is 10.8. The van der Waals surface area contributed by atoms with Crippen LogP contribution in [0.3, 0.4) is 0 Å². The first-order chi connectivity index (χ1) is 6.07. The SMILES string of the molecule is NCc1ncc(Br)c(N)c1C(F)F. The molecule has 1 rings (SSSR count). The first-order valence-electron chi connectivity index (χ1n) is 3.49. The zero-order valence-electron chi connectivity index (χ0n) is 6.60. The highest BCUT2D eigenvalue weighted by Gasteiger charge is 2.18.